The summed E-state index contributed by atoms with van der Waals surface area (Å²) in [5.74, 6) is 0.766. The van der Waals surface area contributed by atoms with Gasteiger partial charge >= 0.3 is 0 Å². The van der Waals surface area contributed by atoms with E-state index in [2.05, 4.69) is 56.3 Å². The van der Waals surface area contributed by atoms with Gasteiger partial charge in [0.2, 0.25) is 0 Å². The quantitative estimate of drug-likeness (QED) is 0.704. The number of hydrogen-bond donors (Lipinski definition) is 0. The molecule has 2 aromatic carbocycles. The molecule has 2 aromatic rings. The molecular weight excluding hydrogens is 256 g/mol. The predicted molar refractivity (Wildman–Crippen MR) is 91.4 cm³/mol. The molecule has 0 saturated heterocycles. The summed E-state index contributed by atoms with van der Waals surface area (Å²) in [4.78, 5) is 0. The van der Waals surface area contributed by atoms with Crippen molar-refractivity contribution in [3.05, 3.63) is 71.8 Å². The highest BCUT2D eigenvalue weighted by Crippen LogP contribution is 2.06. The molecule has 0 atom stereocenters. The van der Waals surface area contributed by atoms with E-state index in [-0.39, 0.29) is 0 Å². The molecular formula is C20H28O. The fraction of sp³-hybridized carbons (Fsp3) is 0.400. The smallest absolute Gasteiger partial charge is 0.0720 e. The highest BCUT2D eigenvalue weighted by Gasteiger charge is 1.94. The average Bonchev–Trinajstić information content (AvgIpc) is 2.47. The molecule has 1 heteroatoms. The van der Waals surface area contributed by atoms with Crippen molar-refractivity contribution in [2.24, 2.45) is 5.92 Å². The van der Waals surface area contributed by atoms with Gasteiger partial charge in [-0.15, -0.1) is 0 Å². The number of rotatable bonds is 5. The highest BCUT2D eigenvalue weighted by molar-refractivity contribution is 5.15. The molecule has 0 aromatic heterocycles. The zero-order valence-electron chi connectivity index (χ0n) is 13.8. The maximum atomic E-state index is 5.43. The van der Waals surface area contributed by atoms with Crippen LogP contribution >= 0.6 is 0 Å². The maximum Gasteiger partial charge on any atom is 0.0720 e. The fourth-order valence-electron chi connectivity index (χ4n) is 1.92. The molecule has 0 spiro atoms. The Labute approximate surface area is 130 Å². The van der Waals surface area contributed by atoms with Crippen LogP contribution in [0.4, 0.5) is 0 Å². The van der Waals surface area contributed by atoms with E-state index in [0.717, 1.165) is 12.5 Å². The van der Waals surface area contributed by atoms with Gasteiger partial charge in [0.1, 0.15) is 0 Å². The lowest BCUT2D eigenvalue weighted by atomic mass is 10.0. The summed E-state index contributed by atoms with van der Waals surface area (Å²) in [6.07, 6.45) is 1.51. The van der Waals surface area contributed by atoms with Crippen LogP contribution < -0.4 is 0 Å². The Morgan fingerprint density at radius 1 is 0.714 bits per heavy atom. The second-order valence-electron chi connectivity index (χ2n) is 5.93. The summed E-state index contributed by atoms with van der Waals surface area (Å²) in [5.41, 5.74) is 2.68. The van der Waals surface area contributed by atoms with Crippen LogP contribution in [0.25, 0.3) is 0 Å². The molecule has 0 saturated carbocycles. The molecule has 1 nitrogen and oxygen atoms in total. The molecule has 0 radical (unpaired) electrons. The van der Waals surface area contributed by atoms with Crippen LogP contribution in [0, 0.1) is 5.92 Å². The first kappa shape index (κ1) is 17.5. The van der Waals surface area contributed by atoms with Gasteiger partial charge < -0.3 is 4.74 Å². The molecule has 2 rings (SSSR count). The molecule has 0 unspecified atom stereocenters. The Hall–Kier alpha value is -1.60. The predicted octanol–water partition coefficient (Wildman–Crippen LogP) is 5.50. The minimum Gasteiger partial charge on any atom is -0.374 e. The lowest BCUT2D eigenvalue weighted by Crippen LogP contribution is -2.01. The zero-order chi connectivity index (χ0) is 15.5. The van der Waals surface area contributed by atoms with E-state index >= 15 is 0 Å². The minimum absolute atomic E-state index is 0.315. The van der Waals surface area contributed by atoms with E-state index in [1.165, 1.54) is 17.5 Å². The molecule has 0 amide bonds. The topological polar surface area (TPSA) is 9.23 Å². The zero-order valence-corrected chi connectivity index (χ0v) is 13.8. The molecule has 0 bridgehead atoms. The van der Waals surface area contributed by atoms with E-state index in [9.17, 15) is 0 Å². The summed E-state index contributed by atoms with van der Waals surface area (Å²) < 4.78 is 5.43. The number of ether oxygens (including phenoxy) is 1. The summed E-state index contributed by atoms with van der Waals surface area (Å²) in [6.45, 7) is 9.30. The molecule has 114 valence electrons. The van der Waals surface area contributed by atoms with Crippen LogP contribution in [0.2, 0.25) is 0 Å². The van der Waals surface area contributed by atoms with Gasteiger partial charge in [0, 0.05) is 0 Å². The summed E-state index contributed by atoms with van der Waals surface area (Å²) in [6, 6.07) is 20.8. The van der Waals surface area contributed by atoms with E-state index in [1.807, 2.05) is 32.0 Å². The van der Waals surface area contributed by atoms with Crippen LogP contribution in [-0.2, 0) is 17.8 Å². The van der Waals surface area contributed by atoms with Gasteiger partial charge in [0.25, 0.3) is 0 Å². The van der Waals surface area contributed by atoms with Crippen molar-refractivity contribution in [2.45, 2.75) is 46.8 Å². The Morgan fingerprint density at radius 3 is 1.62 bits per heavy atom. The van der Waals surface area contributed by atoms with Gasteiger partial charge in [-0.25, -0.2) is 0 Å². The van der Waals surface area contributed by atoms with Crippen LogP contribution in [0.5, 0.6) is 0 Å². The first-order chi connectivity index (χ1) is 10.1. The van der Waals surface area contributed by atoms with Crippen LogP contribution in [0.3, 0.4) is 0 Å². The van der Waals surface area contributed by atoms with Crippen molar-refractivity contribution in [1.29, 1.82) is 0 Å². The summed E-state index contributed by atoms with van der Waals surface area (Å²) in [5, 5.41) is 0. The Bertz CT molecular complexity index is 460. The molecule has 0 N–H and O–H groups in total. The first-order valence-electron chi connectivity index (χ1n) is 7.77. The van der Waals surface area contributed by atoms with Gasteiger partial charge in [0.05, 0.1) is 12.7 Å². The number of benzene rings is 2. The van der Waals surface area contributed by atoms with Gasteiger partial charge in [0.15, 0.2) is 0 Å². The summed E-state index contributed by atoms with van der Waals surface area (Å²) >= 11 is 0. The molecule has 21 heavy (non-hydrogen) atoms. The van der Waals surface area contributed by atoms with Gasteiger partial charge in [-0.05, 0) is 37.3 Å². The van der Waals surface area contributed by atoms with E-state index in [1.54, 1.807) is 0 Å². The largest absolute Gasteiger partial charge is 0.374 e. The van der Waals surface area contributed by atoms with Gasteiger partial charge in [-0.3, -0.25) is 0 Å². The van der Waals surface area contributed by atoms with Crippen LogP contribution in [0.15, 0.2) is 60.7 Å². The lowest BCUT2D eigenvalue weighted by Gasteiger charge is -2.06. The standard InChI is InChI=1S/C10H14O.C10H14/c1-9(2)11-8-10-6-4-3-5-7-10;1-9(2)8-10-6-4-3-5-7-10/h3-7,9H,8H2,1-2H3;3-7,9H,8H2,1-2H3. The molecule has 0 aliphatic rings. The van der Waals surface area contributed by atoms with Crippen LogP contribution in [-0.4, -0.2) is 6.10 Å². The monoisotopic (exact) mass is 284 g/mol. The fourth-order valence-corrected chi connectivity index (χ4v) is 1.92. The molecule has 0 heterocycles. The van der Waals surface area contributed by atoms with E-state index < -0.39 is 0 Å². The Kier molecular flexibility index (Phi) is 8.45. The lowest BCUT2D eigenvalue weighted by molar-refractivity contribution is 0.0657. The third-order valence-corrected chi connectivity index (χ3v) is 2.91. The molecule has 0 aliphatic carbocycles. The third kappa shape index (κ3) is 9.04. The third-order valence-electron chi connectivity index (χ3n) is 2.91. The Balaban J connectivity index is 0.000000211. The van der Waals surface area contributed by atoms with Gasteiger partial charge in [-0.1, -0.05) is 74.5 Å². The van der Waals surface area contributed by atoms with E-state index in [0.29, 0.717) is 6.10 Å². The summed E-state index contributed by atoms with van der Waals surface area (Å²) in [7, 11) is 0. The van der Waals surface area contributed by atoms with Crippen molar-refractivity contribution >= 4 is 0 Å². The SMILES string of the molecule is CC(C)Cc1ccccc1.CC(C)OCc1ccccc1. The average molecular weight is 284 g/mol. The Morgan fingerprint density at radius 2 is 1.19 bits per heavy atom. The van der Waals surface area contributed by atoms with Crippen molar-refractivity contribution in [3.8, 4) is 0 Å². The maximum absolute atomic E-state index is 5.43. The van der Waals surface area contributed by atoms with Crippen molar-refractivity contribution in [1.82, 2.24) is 0 Å². The normalized spacial score (nSPS) is 10.4. The second kappa shape index (κ2) is 10.2. The first-order valence-corrected chi connectivity index (χ1v) is 7.77. The van der Waals surface area contributed by atoms with Gasteiger partial charge in [-0.2, -0.15) is 0 Å². The van der Waals surface area contributed by atoms with Crippen molar-refractivity contribution in [2.75, 3.05) is 0 Å². The molecule has 0 aliphatic heterocycles. The van der Waals surface area contributed by atoms with Crippen LogP contribution in [0.1, 0.15) is 38.8 Å². The molecule has 0 fully saturated rings. The highest BCUT2D eigenvalue weighted by atomic mass is 16.5. The van der Waals surface area contributed by atoms with Crippen molar-refractivity contribution < 1.29 is 4.74 Å². The minimum atomic E-state index is 0.315. The second-order valence-corrected chi connectivity index (χ2v) is 5.93. The van der Waals surface area contributed by atoms with Crippen molar-refractivity contribution in [3.63, 3.8) is 0 Å². The number of hydrogen-bond acceptors (Lipinski definition) is 1. The van der Waals surface area contributed by atoms with E-state index in [4.69, 9.17) is 4.74 Å².